The van der Waals surface area contributed by atoms with Crippen LogP contribution in [0.3, 0.4) is 0 Å². The Morgan fingerprint density at radius 2 is 2.19 bits per heavy atom. The Labute approximate surface area is 93.0 Å². The minimum atomic E-state index is -0.357. The van der Waals surface area contributed by atoms with E-state index < -0.39 is 0 Å². The third-order valence-corrected chi connectivity index (χ3v) is 2.72. The zero-order valence-electron chi connectivity index (χ0n) is 8.73. The summed E-state index contributed by atoms with van der Waals surface area (Å²) in [5, 5.41) is 0. The van der Waals surface area contributed by atoms with Crippen molar-refractivity contribution in [2.75, 3.05) is 0 Å². The van der Waals surface area contributed by atoms with Crippen LogP contribution in [0.2, 0.25) is 0 Å². The quantitative estimate of drug-likeness (QED) is 0.581. The molecule has 2 rings (SSSR count). The maximum atomic E-state index is 13.3. The molecule has 1 aliphatic carbocycles. The van der Waals surface area contributed by atoms with Gasteiger partial charge in [0.15, 0.2) is 11.6 Å². The van der Waals surface area contributed by atoms with E-state index in [0.717, 1.165) is 12.8 Å². The van der Waals surface area contributed by atoms with E-state index >= 15 is 0 Å². The topological polar surface area (TPSA) is 38.7 Å². The Morgan fingerprint density at radius 3 is 2.94 bits per heavy atom. The molecular weight excluding hydrogens is 209 g/mol. The van der Waals surface area contributed by atoms with Gasteiger partial charge in [-0.15, -0.1) is 0 Å². The van der Waals surface area contributed by atoms with Crippen LogP contribution in [0.5, 0.6) is 5.75 Å². The van der Waals surface area contributed by atoms with Crippen LogP contribution in [0, 0.1) is 5.82 Å². The number of para-hydroxylation sites is 1. The summed E-state index contributed by atoms with van der Waals surface area (Å²) in [5.41, 5.74) is 0. The predicted molar refractivity (Wildman–Crippen MR) is 56.6 cm³/mol. The van der Waals surface area contributed by atoms with Gasteiger partial charge in [-0.1, -0.05) is 12.1 Å². The molecule has 0 radical (unpaired) electrons. The van der Waals surface area contributed by atoms with E-state index in [4.69, 9.17) is 4.74 Å². The fourth-order valence-corrected chi connectivity index (χ4v) is 1.94. The summed E-state index contributed by atoms with van der Waals surface area (Å²) in [7, 11) is 0. The standard InChI is InChI=1S/C12H12FNO2/c13-11-3-1-2-4-12(11)16-10-6-5-9(7-10)14-8-15/h1-4,9-10H,5-7H2. The van der Waals surface area contributed by atoms with Crippen LogP contribution >= 0.6 is 0 Å². The molecule has 0 saturated heterocycles. The summed E-state index contributed by atoms with van der Waals surface area (Å²) in [6.07, 6.45) is 3.75. The summed E-state index contributed by atoms with van der Waals surface area (Å²) in [5.74, 6) is -0.0897. The van der Waals surface area contributed by atoms with Gasteiger partial charge in [0.05, 0.1) is 6.04 Å². The van der Waals surface area contributed by atoms with Crippen molar-refractivity contribution in [3.63, 3.8) is 0 Å². The fourth-order valence-electron chi connectivity index (χ4n) is 1.94. The second-order valence-electron chi connectivity index (χ2n) is 3.86. The van der Waals surface area contributed by atoms with Crippen LogP contribution < -0.4 is 4.74 Å². The zero-order chi connectivity index (χ0) is 11.4. The third-order valence-electron chi connectivity index (χ3n) is 2.72. The summed E-state index contributed by atoms with van der Waals surface area (Å²) in [6.45, 7) is 0. The number of hydrogen-bond donors (Lipinski definition) is 0. The molecule has 4 heteroatoms. The number of carbonyl (C=O) groups excluding carboxylic acids is 1. The van der Waals surface area contributed by atoms with Crippen molar-refractivity contribution in [3.05, 3.63) is 30.1 Å². The number of ether oxygens (including phenoxy) is 1. The molecule has 1 aromatic rings. The first-order valence-corrected chi connectivity index (χ1v) is 5.28. The van der Waals surface area contributed by atoms with Gasteiger partial charge in [0.1, 0.15) is 6.10 Å². The average Bonchev–Trinajstić information content (AvgIpc) is 2.70. The largest absolute Gasteiger partial charge is 0.487 e. The van der Waals surface area contributed by atoms with Crippen molar-refractivity contribution in [2.24, 2.45) is 4.99 Å². The van der Waals surface area contributed by atoms with E-state index in [1.54, 1.807) is 24.3 Å². The molecule has 2 unspecified atom stereocenters. The highest BCUT2D eigenvalue weighted by atomic mass is 19.1. The van der Waals surface area contributed by atoms with Gasteiger partial charge in [0.2, 0.25) is 6.08 Å². The third kappa shape index (κ3) is 2.47. The summed E-state index contributed by atoms with van der Waals surface area (Å²) in [6, 6.07) is 6.30. The smallest absolute Gasteiger partial charge is 0.235 e. The van der Waals surface area contributed by atoms with E-state index in [2.05, 4.69) is 4.99 Å². The molecule has 0 aliphatic heterocycles. The Bertz CT molecular complexity index is 415. The lowest BCUT2D eigenvalue weighted by molar-refractivity contribution is 0.199. The second-order valence-corrected chi connectivity index (χ2v) is 3.86. The van der Waals surface area contributed by atoms with Gasteiger partial charge in [-0.05, 0) is 25.0 Å². The summed E-state index contributed by atoms with van der Waals surface area (Å²) in [4.78, 5) is 13.7. The molecule has 0 bridgehead atoms. The lowest BCUT2D eigenvalue weighted by Crippen LogP contribution is -2.13. The summed E-state index contributed by atoms with van der Waals surface area (Å²) >= 11 is 0. The molecule has 16 heavy (non-hydrogen) atoms. The average molecular weight is 221 g/mol. The van der Waals surface area contributed by atoms with Crippen LogP contribution in [0.25, 0.3) is 0 Å². The van der Waals surface area contributed by atoms with Crippen LogP contribution in [-0.2, 0) is 4.79 Å². The van der Waals surface area contributed by atoms with Gasteiger partial charge in [0, 0.05) is 6.42 Å². The maximum Gasteiger partial charge on any atom is 0.235 e. The van der Waals surface area contributed by atoms with Crippen LogP contribution in [-0.4, -0.2) is 18.2 Å². The number of halogens is 1. The Balaban J connectivity index is 1.97. The van der Waals surface area contributed by atoms with Crippen LogP contribution in [0.4, 0.5) is 4.39 Å². The Hall–Kier alpha value is -1.67. The van der Waals surface area contributed by atoms with Crippen molar-refractivity contribution in [3.8, 4) is 5.75 Å². The maximum absolute atomic E-state index is 13.3. The molecule has 0 aromatic heterocycles. The molecular formula is C12H12FNO2. The molecule has 1 fully saturated rings. The van der Waals surface area contributed by atoms with Crippen molar-refractivity contribution < 1.29 is 13.9 Å². The molecule has 1 saturated carbocycles. The molecule has 2 atom stereocenters. The first kappa shape index (κ1) is 10.8. The number of hydrogen-bond acceptors (Lipinski definition) is 3. The number of isocyanates is 1. The lowest BCUT2D eigenvalue weighted by atomic mass is 10.2. The number of rotatable bonds is 3. The number of nitrogens with zero attached hydrogens (tertiary/aromatic N) is 1. The van der Waals surface area contributed by atoms with Crippen LogP contribution in [0.15, 0.2) is 29.3 Å². The predicted octanol–water partition coefficient (Wildman–Crippen LogP) is 2.46. The monoisotopic (exact) mass is 221 g/mol. The first-order chi connectivity index (χ1) is 7.79. The highest BCUT2D eigenvalue weighted by molar-refractivity contribution is 5.33. The number of aliphatic imine (C=N–C) groups is 1. The Kier molecular flexibility index (Phi) is 3.32. The summed E-state index contributed by atoms with van der Waals surface area (Å²) < 4.78 is 18.8. The van der Waals surface area contributed by atoms with Crippen molar-refractivity contribution in [1.29, 1.82) is 0 Å². The highest BCUT2D eigenvalue weighted by Gasteiger charge is 2.26. The number of benzene rings is 1. The lowest BCUT2D eigenvalue weighted by Gasteiger charge is -2.13. The van der Waals surface area contributed by atoms with E-state index in [-0.39, 0.29) is 23.7 Å². The van der Waals surface area contributed by atoms with E-state index in [0.29, 0.717) is 6.42 Å². The minimum Gasteiger partial charge on any atom is -0.487 e. The molecule has 84 valence electrons. The molecule has 0 heterocycles. The van der Waals surface area contributed by atoms with Crippen LogP contribution in [0.1, 0.15) is 19.3 Å². The molecule has 1 aromatic carbocycles. The molecule has 0 amide bonds. The van der Waals surface area contributed by atoms with Gasteiger partial charge >= 0.3 is 0 Å². The van der Waals surface area contributed by atoms with E-state index in [1.165, 1.54) is 6.07 Å². The first-order valence-electron chi connectivity index (χ1n) is 5.28. The van der Waals surface area contributed by atoms with Gasteiger partial charge < -0.3 is 4.74 Å². The van der Waals surface area contributed by atoms with Gasteiger partial charge in [-0.2, -0.15) is 0 Å². The SMILES string of the molecule is O=C=NC1CCC(Oc2ccccc2F)C1. The van der Waals surface area contributed by atoms with Crippen molar-refractivity contribution in [1.82, 2.24) is 0 Å². The van der Waals surface area contributed by atoms with E-state index in [9.17, 15) is 9.18 Å². The van der Waals surface area contributed by atoms with E-state index in [1.807, 2.05) is 0 Å². The van der Waals surface area contributed by atoms with Crippen molar-refractivity contribution >= 4 is 6.08 Å². The zero-order valence-corrected chi connectivity index (χ0v) is 8.73. The molecule has 1 aliphatic rings. The molecule has 0 N–H and O–H groups in total. The van der Waals surface area contributed by atoms with Gasteiger partial charge in [-0.3, -0.25) is 0 Å². The Morgan fingerprint density at radius 1 is 1.38 bits per heavy atom. The molecule has 0 spiro atoms. The van der Waals surface area contributed by atoms with Gasteiger partial charge in [-0.25, -0.2) is 14.2 Å². The van der Waals surface area contributed by atoms with Gasteiger partial charge in [0.25, 0.3) is 0 Å². The minimum absolute atomic E-state index is 0.0192. The highest BCUT2D eigenvalue weighted by Crippen LogP contribution is 2.27. The molecule has 3 nitrogen and oxygen atoms in total. The second kappa shape index (κ2) is 4.90. The van der Waals surface area contributed by atoms with Crippen molar-refractivity contribution in [2.45, 2.75) is 31.4 Å². The normalized spacial score (nSPS) is 23.8. The fraction of sp³-hybridized carbons (Fsp3) is 0.417.